The highest BCUT2D eigenvalue weighted by Gasteiger charge is 2.25. The van der Waals surface area contributed by atoms with Gasteiger partial charge < -0.3 is 9.84 Å². The fourth-order valence-electron chi connectivity index (χ4n) is 1.55. The number of thiophene rings is 1. The summed E-state index contributed by atoms with van der Waals surface area (Å²) in [7, 11) is -3.61. The van der Waals surface area contributed by atoms with E-state index in [9.17, 15) is 8.42 Å². The number of nitrogens with one attached hydrogen (secondary N) is 1. The van der Waals surface area contributed by atoms with Gasteiger partial charge in [0.15, 0.2) is 0 Å². The summed E-state index contributed by atoms with van der Waals surface area (Å²) in [5.41, 5.74) is 0. The minimum Gasteiger partial charge on any atom is -0.391 e. The zero-order chi connectivity index (χ0) is 14.5. The van der Waals surface area contributed by atoms with E-state index in [-0.39, 0.29) is 23.5 Å². The normalized spacial score (nSPS) is 13.9. The number of hydrogen-bond donors (Lipinski definition) is 2. The molecule has 1 aromatic heterocycles. The van der Waals surface area contributed by atoms with Crippen LogP contribution < -0.4 is 4.72 Å². The van der Waals surface area contributed by atoms with Gasteiger partial charge in [-0.1, -0.05) is 13.8 Å². The summed E-state index contributed by atoms with van der Waals surface area (Å²) in [6, 6.07) is 1.23. The standard InChI is InChI=1S/C12H21NO4S2/c1-4-17-8-10(9(2)3)13-19(15,16)12-5-6-18-11(12)7-14/h5-6,9-10,13-14H,4,7-8H2,1-3H3. The van der Waals surface area contributed by atoms with E-state index < -0.39 is 10.0 Å². The summed E-state index contributed by atoms with van der Waals surface area (Å²) >= 11 is 1.23. The Morgan fingerprint density at radius 3 is 2.68 bits per heavy atom. The molecule has 0 amide bonds. The summed E-state index contributed by atoms with van der Waals surface area (Å²) in [6.07, 6.45) is 0. The summed E-state index contributed by atoms with van der Waals surface area (Å²) in [5, 5.41) is 10.8. The SMILES string of the molecule is CCOCC(NS(=O)(=O)c1ccsc1CO)C(C)C. The minimum atomic E-state index is -3.61. The molecule has 0 spiro atoms. The summed E-state index contributed by atoms with van der Waals surface area (Å²) in [6.45, 7) is 6.36. The van der Waals surface area contributed by atoms with Crippen molar-refractivity contribution in [3.05, 3.63) is 16.3 Å². The van der Waals surface area contributed by atoms with Gasteiger partial charge in [0.25, 0.3) is 0 Å². The first-order chi connectivity index (χ1) is 8.92. The molecule has 0 aliphatic heterocycles. The van der Waals surface area contributed by atoms with Gasteiger partial charge in [-0.2, -0.15) is 0 Å². The number of rotatable bonds is 8. The lowest BCUT2D eigenvalue weighted by atomic mass is 10.1. The van der Waals surface area contributed by atoms with Crippen molar-refractivity contribution in [1.82, 2.24) is 4.72 Å². The van der Waals surface area contributed by atoms with Crippen molar-refractivity contribution in [3.63, 3.8) is 0 Å². The lowest BCUT2D eigenvalue weighted by Crippen LogP contribution is -2.41. The van der Waals surface area contributed by atoms with Crippen molar-refractivity contribution in [1.29, 1.82) is 0 Å². The molecule has 0 saturated heterocycles. The Kier molecular flexibility index (Phi) is 6.41. The van der Waals surface area contributed by atoms with Crippen LogP contribution in [0.15, 0.2) is 16.3 Å². The Balaban J connectivity index is 2.88. The first-order valence-corrected chi connectivity index (χ1v) is 8.56. The maximum atomic E-state index is 12.3. The van der Waals surface area contributed by atoms with Gasteiger partial charge in [0, 0.05) is 17.5 Å². The van der Waals surface area contributed by atoms with Crippen LogP contribution in [0.5, 0.6) is 0 Å². The molecule has 2 N–H and O–H groups in total. The van der Waals surface area contributed by atoms with Gasteiger partial charge in [-0.3, -0.25) is 0 Å². The van der Waals surface area contributed by atoms with Gasteiger partial charge in [0.2, 0.25) is 10.0 Å². The third kappa shape index (κ3) is 4.54. The van der Waals surface area contributed by atoms with E-state index in [2.05, 4.69) is 4.72 Å². The van der Waals surface area contributed by atoms with E-state index in [1.54, 1.807) is 5.38 Å². The fourth-order valence-corrected chi connectivity index (χ4v) is 4.22. The Hall–Kier alpha value is -0.470. The second kappa shape index (κ2) is 7.35. The van der Waals surface area contributed by atoms with E-state index in [1.807, 2.05) is 20.8 Å². The third-order valence-electron chi connectivity index (χ3n) is 2.75. The predicted octanol–water partition coefficient (Wildman–Crippen LogP) is 1.58. The van der Waals surface area contributed by atoms with Crippen molar-refractivity contribution in [2.24, 2.45) is 5.92 Å². The quantitative estimate of drug-likeness (QED) is 0.764. The third-order valence-corrected chi connectivity index (χ3v) is 5.36. The molecule has 5 nitrogen and oxygen atoms in total. The van der Waals surface area contributed by atoms with Crippen molar-refractivity contribution in [2.75, 3.05) is 13.2 Å². The van der Waals surface area contributed by atoms with Crippen LogP contribution in [0.3, 0.4) is 0 Å². The Morgan fingerprint density at radius 1 is 1.47 bits per heavy atom. The minimum absolute atomic E-state index is 0.123. The van der Waals surface area contributed by atoms with E-state index in [4.69, 9.17) is 9.84 Å². The molecule has 0 aliphatic carbocycles. The molecular formula is C12H21NO4S2. The van der Waals surface area contributed by atoms with Crippen LogP contribution in [-0.2, 0) is 21.4 Å². The Morgan fingerprint density at radius 2 is 2.16 bits per heavy atom. The first kappa shape index (κ1) is 16.6. The molecule has 1 atom stereocenters. The highest BCUT2D eigenvalue weighted by molar-refractivity contribution is 7.89. The molecule has 0 bridgehead atoms. The number of ether oxygens (including phenoxy) is 1. The monoisotopic (exact) mass is 307 g/mol. The molecule has 1 aromatic rings. The van der Waals surface area contributed by atoms with Crippen LogP contribution in [-0.4, -0.2) is 32.8 Å². The largest absolute Gasteiger partial charge is 0.391 e. The number of hydrogen-bond acceptors (Lipinski definition) is 5. The van der Waals surface area contributed by atoms with E-state index in [1.165, 1.54) is 17.4 Å². The summed E-state index contributed by atoms with van der Waals surface area (Å²) in [4.78, 5) is 0.605. The van der Waals surface area contributed by atoms with Gasteiger partial charge in [0.1, 0.15) is 0 Å². The molecule has 0 aromatic carbocycles. The molecule has 0 radical (unpaired) electrons. The average Bonchev–Trinajstić information content (AvgIpc) is 2.83. The zero-order valence-electron chi connectivity index (χ0n) is 11.4. The molecule has 110 valence electrons. The van der Waals surface area contributed by atoms with Crippen LogP contribution in [0.2, 0.25) is 0 Å². The lowest BCUT2D eigenvalue weighted by Gasteiger charge is -2.22. The molecule has 1 rings (SSSR count). The average molecular weight is 307 g/mol. The molecule has 0 aliphatic rings. The molecule has 7 heteroatoms. The highest BCUT2D eigenvalue weighted by Crippen LogP contribution is 2.22. The van der Waals surface area contributed by atoms with Crippen molar-refractivity contribution >= 4 is 21.4 Å². The second-order valence-corrected chi connectivity index (χ2v) is 7.18. The topological polar surface area (TPSA) is 75.6 Å². The van der Waals surface area contributed by atoms with Crippen LogP contribution in [0.4, 0.5) is 0 Å². The highest BCUT2D eigenvalue weighted by atomic mass is 32.2. The predicted molar refractivity (Wildman–Crippen MR) is 75.7 cm³/mol. The van der Waals surface area contributed by atoms with Gasteiger partial charge >= 0.3 is 0 Å². The van der Waals surface area contributed by atoms with E-state index in [0.29, 0.717) is 18.1 Å². The number of sulfonamides is 1. The van der Waals surface area contributed by atoms with Crippen molar-refractivity contribution in [3.8, 4) is 0 Å². The van der Waals surface area contributed by atoms with Crippen LogP contribution in [0.25, 0.3) is 0 Å². The van der Waals surface area contributed by atoms with Gasteiger partial charge in [0.05, 0.1) is 18.1 Å². The summed E-state index contributed by atoms with van der Waals surface area (Å²) in [5.74, 6) is 0.123. The second-order valence-electron chi connectivity index (χ2n) is 4.50. The Bertz CT molecular complexity index is 482. The van der Waals surface area contributed by atoms with Crippen molar-refractivity contribution in [2.45, 2.75) is 38.3 Å². The lowest BCUT2D eigenvalue weighted by molar-refractivity contribution is 0.116. The van der Waals surface area contributed by atoms with Gasteiger partial charge in [-0.15, -0.1) is 11.3 Å². The van der Waals surface area contributed by atoms with Gasteiger partial charge in [-0.25, -0.2) is 13.1 Å². The van der Waals surface area contributed by atoms with Crippen LogP contribution in [0, 0.1) is 5.92 Å². The molecule has 19 heavy (non-hydrogen) atoms. The van der Waals surface area contributed by atoms with Crippen LogP contribution in [0.1, 0.15) is 25.6 Å². The molecular weight excluding hydrogens is 286 g/mol. The van der Waals surface area contributed by atoms with Crippen LogP contribution >= 0.6 is 11.3 Å². The fraction of sp³-hybridized carbons (Fsp3) is 0.667. The maximum absolute atomic E-state index is 12.3. The maximum Gasteiger partial charge on any atom is 0.242 e. The summed E-state index contributed by atoms with van der Waals surface area (Å²) < 4.78 is 32.5. The number of aliphatic hydroxyl groups is 1. The molecule has 0 saturated carbocycles. The smallest absolute Gasteiger partial charge is 0.242 e. The van der Waals surface area contributed by atoms with Crippen molar-refractivity contribution < 1.29 is 18.3 Å². The zero-order valence-corrected chi connectivity index (χ0v) is 13.1. The van der Waals surface area contributed by atoms with E-state index in [0.717, 1.165) is 0 Å². The Labute approximate surface area is 118 Å². The van der Waals surface area contributed by atoms with Gasteiger partial charge in [-0.05, 0) is 24.3 Å². The molecule has 0 fully saturated rings. The molecule has 1 unspecified atom stereocenters. The number of aliphatic hydroxyl groups excluding tert-OH is 1. The molecule has 1 heterocycles. The first-order valence-electron chi connectivity index (χ1n) is 6.19. The van der Waals surface area contributed by atoms with E-state index >= 15 is 0 Å².